The van der Waals surface area contributed by atoms with E-state index in [9.17, 15) is 13.2 Å². The summed E-state index contributed by atoms with van der Waals surface area (Å²) in [5, 5.41) is 3.57. The number of nitrogens with one attached hydrogen (secondary N) is 3. The van der Waals surface area contributed by atoms with E-state index >= 15 is 0 Å². The first-order valence-corrected chi connectivity index (χ1v) is 10.5. The van der Waals surface area contributed by atoms with Gasteiger partial charge in [0.2, 0.25) is 5.91 Å². The number of rotatable bonds is 8. The number of fused-ring (bicyclic) bond motifs is 1. The largest absolute Gasteiger partial charge is 0.494 e. The highest BCUT2D eigenvalue weighted by atomic mass is 32.2. The zero-order valence-electron chi connectivity index (χ0n) is 15.8. The lowest BCUT2D eigenvalue weighted by molar-refractivity contribution is -0.118. The van der Waals surface area contributed by atoms with Gasteiger partial charge >= 0.3 is 0 Å². The van der Waals surface area contributed by atoms with E-state index in [1.807, 2.05) is 13.1 Å². The summed E-state index contributed by atoms with van der Waals surface area (Å²) < 4.78 is 33.5. The molecule has 0 aliphatic carbocycles. The van der Waals surface area contributed by atoms with Crippen LogP contribution in [-0.2, 0) is 21.2 Å². The molecule has 3 rings (SSSR count). The van der Waals surface area contributed by atoms with Crippen molar-refractivity contribution in [3.8, 4) is 5.75 Å². The number of hydrogen-bond donors (Lipinski definition) is 3. The lowest BCUT2D eigenvalue weighted by Crippen LogP contribution is -2.22. The monoisotopic (exact) mass is 401 g/mol. The molecule has 0 saturated heterocycles. The smallest absolute Gasteiger partial charge is 0.261 e. The van der Waals surface area contributed by atoms with Gasteiger partial charge in [0.15, 0.2) is 0 Å². The number of aromatic nitrogens is 1. The molecule has 7 nitrogen and oxygen atoms in total. The van der Waals surface area contributed by atoms with E-state index in [0.29, 0.717) is 31.0 Å². The highest BCUT2D eigenvalue weighted by molar-refractivity contribution is 7.92. The molecule has 0 fully saturated rings. The van der Waals surface area contributed by atoms with Gasteiger partial charge in [0.25, 0.3) is 10.0 Å². The number of carbonyl (C=O) groups is 1. The van der Waals surface area contributed by atoms with E-state index in [1.165, 1.54) is 6.92 Å². The molecule has 0 radical (unpaired) electrons. The van der Waals surface area contributed by atoms with Crippen molar-refractivity contribution in [3.63, 3.8) is 0 Å². The number of ether oxygens (including phenoxy) is 1. The molecular formula is C20H23N3O4S. The lowest BCUT2D eigenvalue weighted by Gasteiger charge is -2.10. The van der Waals surface area contributed by atoms with Crippen molar-refractivity contribution >= 4 is 32.5 Å². The fourth-order valence-corrected chi connectivity index (χ4v) is 3.99. The Hall–Kier alpha value is -3.00. The fraction of sp³-hybridized carbons (Fsp3) is 0.250. The van der Waals surface area contributed by atoms with Crippen molar-refractivity contribution in [3.05, 3.63) is 54.2 Å². The van der Waals surface area contributed by atoms with Gasteiger partial charge in [0.05, 0.1) is 11.5 Å². The summed E-state index contributed by atoms with van der Waals surface area (Å²) in [5.74, 6) is 0.589. The van der Waals surface area contributed by atoms with Gasteiger partial charge in [-0.05, 0) is 61.4 Å². The topological polar surface area (TPSA) is 100 Å². The van der Waals surface area contributed by atoms with Crippen LogP contribution in [0.2, 0.25) is 0 Å². The van der Waals surface area contributed by atoms with Crippen LogP contribution in [0, 0.1) is 0 Å². The van der Waals surface area contributed by atoms with E-state index < -0.39 is 10.0 Å². The van der Waals surface area contributed by atoms with Gasteiger partial charge in [-0.25, -0.2) is 8.42 Å². The molecule has 1 heterocycles. The van der Waals surface area contributed by atoms with E-state index in [1.54, 1.807) is 42.5 Å². The van der Waals surface area contributed by atoms with Crippen molar-refractivity contribution in [1.82, 2.24) is 10.3 Å². The number of anilines is 1. The summed E-state index contributed by atoms with van der Waals surface area (Å²) in [7, 11) is -3.73. The van der Waals surface area contributed by atoms with E-state index in [0.717, 1.165) is 16.5 Å². The minimum Gasteiger partial charge on any atom is -0.494 e. The zero-order valence-corrected chi connectivity index (χ0v) is 16.6. The van der Waals surface area contributed by atoms with Crippen LogP contribution >= 0.6 is 0 Å². The van der Waals surface area contributed by atoms with Gasteiger partial charge in [0.1, 0.15) is 5.75 Å². The molecule has 0 aliphatic heterocycles. The average Bonchev–Trinajstić information content (AvgIpc) is 3.05. The molecule has 2 aromatic carbocycles. The number of H-pyrrole nitrogens is 1. The third-order valence-electron chi connectivity index (χ3n) is 4.24. The molecular weight excluding hydrogens is 378 g/mol. The van der Waals surface area contributed by atoms with Crippen molar-refractivity contribution < 1.29 is 17.9 Å². The van der Waals surface area contributed by atoms with Crippen molar-refractivity contribution in [2.45, 2.75) is 25.2 Å². The molecule has 148 valence electrons. The maximum absolute atomic E-state index is 12.8. The summed E-state index contributed by atoms with van der Waals surface area (Å²) in [6.07, 6.45) is 2.44. The van der Waals surface area contributed by atoms with E-state index in [4.69, 9.17) is 4.74 Å². The molecule has 8 heteroatoms. The molecule has 3 aromatic rings. The summed E-state index contributed by atoms with van der Waals surface area (Å²) in [5.41, 5.74) is 2.25. The van der Waals surface area contributed by atoms with Crippen molar-refractivity contribution in [2.24, 2.45) is 0 Å². The first kappa shape index (κ1) is 19.8. The summed E-state index contributed by atoms with van der Waals surface area (Å²) >= 11 is 0. The summed E-state index contributed by atoms with van der Waals surface area (Å²) in [4.78, 5) is 14.3. The fourth-order valence-electron chi connectivity index (χ4n) is 2.90. The summed E-state index contributed by atoms with van der Waals surface area (Å²) in [6, 6.07) is 11.7. The highest BCUT2D eigenvalue weighted by Gasteiger charge is 2.16. The predicted molar refractivity (Wildman–Crippen MR) is 109 cm³/mol. The van der Waals surface area contributed by atoms with Gasteiger partial charge in [-0.3, -0.25) is 9.52 Å². The maximum Gasteiger partial charge on any atom is 0.261 e. The molecule has 0 bridgehead atoms. The molecule has 3 N–H and O–H groups in total. The Bertz CT molecular complexity index is 1070. The van der Waals surface area contributed by atoms with Crippen LogP contribution in [0.5, 0.6) is 5.75 Å². The predicted octanol–water partition coefficient (Wildman–Crippen LogP) is 3.05. The number of sulfonamides is 1. The van der Waals surface area contributed by atoms with Crippen LogP contribution in [0.1, 0.15) is 19.4 Å². The quantitative estimate of drug-likeness (QED) is 0.540. The van der Waals surface area contributed by atoms with Crippen LogP contribution in [0.4, 0.5) is 5.69 Å². The first-order chi connectivity index (χ1) is 13.4. The van der Waals surface area contributed by atoms with Crippen LogP contribution in [0.25, 0.3) is 10.9 Å². The lowest BCUT2D eigenvalue weighted by atomic mass is 10.1. The second-order valence-electron chi connectivity index (χ2n) is 6.32. The van der Waals surface area contributed by atoms with Gasteiger partial charge in [-0.15, -0.1) is 0 Å². The number of benzene rings is 2. The second-order valence-corrected chi connectivity index (χ2v) is 8.00. The highest BCUT2D eigenvalue weighted by Crippen LogP contribution is 2.25. The zero-order chi connectivity index (χ0) is 20.1. The molecule has 28 heavy (non-hydrogen) atoms. The van der Waals surface area contributed by atoms with Gasteiger partial charge in [0, 0.05) is 36.3 Å². The summed E-state index contributed by atoms with van der Waals surface area (Å²) in [6.45, 7) is 4.39. The Morgan fingerprint density at radius 3 is 2.57 bits per heavy atom. The van der Waals surface area contributed by atoms with Crippen LogP contribution in [0.3, 0.4) is 0 Å². The van der Waals surface area contributed by atoms with Crippen LogP contribution in [-0.4, -0.2) is 32.5 Å². The molecule has 0 saturated carbocycles. The van der Waals surface area contributed by atoms with Gasteiger partial charge in [-0.2, -0.15) is 0 Å². The first-order valence-electron chi connectivity index (χ1n) is 8.99. The minimum atomic E-state index is -3.73. The SMILES string of the molecule is CCOc1ccc(NS(=O)(=O)c2ccc3[nH]cc(CCNC(C)=O)c3c2)cc1. The Kier molecular flexibility index (Phi) is 5.89. The third kappa shape index (κ3) is 4.64. The molecule has 1 amide bonds. The molecule has 0 aliphatic rings. The third-order valence-corrected chi connectivity index (χ3v) is 5.61. The molecule has 0 spiro atoms. The number of aromatic amines is 1. The molecule has 1 aromatic heterocycles. The van der Waals surface area contributed by atoms with E-state index in [-0.39, 0.29) is 10.8 Å². The molecule has 0 unspecified atom stereocenters. The van der Waals surface area contributed by atoms with Gasteiger partial charge < -0.3 is 15.0 Å². The Morgan fingerprint density at radius 1 is 1.14 bits per heavy atom. The number of amides is 1. The number of carbonyl (C=O) groups excluding carboxylic acids is 1. The second kappa shape index (κ2) is 8.35. The van der Waals surface area contributed by atoms with Crippen molar-refractivity contribution in [2.75, 3.05) is 17.9 Å². The minimum absolute atomic E-state index is 0.0948. The average molecular weight is 401 g/mol. The normalized spacial score (nSPS) is 11.4. The maximum atomic E-state index is 12.8. The van der Waals surface area contributed by atoms with Crippen LogP contribution in [0.15, 0.2) is 53.6 Å². The van der Waals surface area contributed by atoms with E-state index in [2.05, 4.69) is 15.0 Å². The van der Waals surface area contributed by atoms with Gasteiger partial charge in [-0.1, -0.05) is 0 Å². The van der Waals surface area contributed by atoms with Crippen LogP contribution < -0.4 is 14.8 Å². The Labute approximate surface area is 164 Å². The standard InChI is InChI=1S/C20H23N3O4S/c1-3-27-17-6-4-16(5-7-17)23-28(25,26)18-8-9-20-19(12-18)15(13-22-20)10-11-21-14(2)24/h4-9,12-13,22-23H,3,10-11H2,1-2H3,(H,21,24). The molecule has 0 atom stereocenters. The number of hydrogen-bond acceptors (Lipinski definition) is 4. The Balaban J connectivity index is 1.81. The van der Waals surface area contributed by atoms with Crippen molar-refractivity contribution in [1.29, 1.82) is 0 Å². The Morgan fingerprint density at radius 2 is 1.89 bits per heavy atom.